The Morgan fingerprint density at radius 3 is 2.65 bits per heavy atom. The number of aromatic hydroxyl groups is 1. The number of phenols is 1. The van der Waals surface area contributed by atoms with Gasteiger partial charge in [0.2, 0.25) is 5.91 Å². The van der Waals surface area contributed by atoms with Crippen molar-refractivity contribution in [1.29, 1.82) is 0 Å². The summed E-state index contributed by atoms with van der Waals surface area (Å²) in [5.41, 5.74) is 1.91. The number of rotatable bonds is 2. The van der Waals surface area contributed by atoms with Gasteiger partial charge in [0.1, 0.15) is 5.75 Å². The third kappa shape index (κ3) is 2.27. The van der Waals surface area contributed by atoms with E-state index in [4.69, 9.17) is 0 Å². The molecule has 3 nitrogen and oxygen atoms in total. The molecule has 2 aromatic rings. The van der Waals surface area contributed by atoms with Gasteiger partial charge >= 0.3 is 0 Å². The van der Waals surface area contributed by atoms with E-state index < -0.39 is 0 Å². The Kier molecular flexibility index (Phi) is 3.40. The van der Waals surface area contributed by atoms with Gasteiger partial charge < -0.3 is 10.0 Å². The Labute approximate surface area is 122 Å². The first-order chi connectivity index (χ1) is 9.66. The van der Waals surface area contributed by atoms with Crippen molar-refractivity contribution in [2.75, 3.05) is 17.7 Å². The average molecular weight is 285 g/mol. The van der Waals surface area contributed by atoms with Crippen LogP contribution >= 0.6 is 11.8 Å². The van der Waals surface area contributed by atoms with Crippen LogP contribution in [0.1, 0.15) is 11.5 Å². The standard InChI is InChI=1S/C16H15NO2S/c1-17(11-6-8-12(18)9-7-11)16(19)14-10-20-15-5-3-2-4-13(14)15/h2-9,14,18H,10H2,1H3. The fourth-order valence-corrected chi connectivity index (χ4v) is 3.62. The predicted molar refractivity (Wildman–Crippen MR) is 81.4 cm³/mol. The molecular formula is C16H15NO2S. The summed E-state index contributed by atoms with van der Waals surface area (Å²) in [5.74, 6) is 1.00. The Hall–Kier alpha value is -1.94. The highest BCUT2D eigenvalue weighted by atomic mass is 32.2. The summed E-state index contributed by atoms with van der Waals surface area (Å²) in [6, 6.07) is 14.8. The van der Waals surface area contributed by atoms with E-state index in [1.54, 1.807) is 48.0 Å². The third-order valence-corrected chi connectivity index (χ3v) is 4.75. The lowest BCUT2D eigenvalue weighted by atomic mass is 10.00. The van der Waals surface area contributed by atoms with E-state index in [-0.39, 0.29) is 17.6 Å². The van der Waals surface area contributed by atoms with Crippen LogP contribution in [0.4, 0.5) is 5.69 Å². The molecule has 1 aliphatic rings. The molecule has 1 amide bonds. The van der Waals surface area contributed by atoms with Gasteiger partial charge in [-0.25, -0.2) is 0 Å². The van der Waals surface area contributed by atoms with E-state index >= 15 is 0 Å². The van der Waals surface area contributed by atoms with Gasteiger partial charge in [-0.2, -0.15) is 0 Å². The van der Waals surface area contributed by atoms with Gasteiger partial charge in [-0.1, -0.05) is 18.2 Å². The molecule has 0 bridgehead atoms. The van der Waals surface area contributed by atoms with Crippen LogP contribution in [0, 0.1) is 0 Å². The predicted octanol–water partition coefficient (Wildman–Crippen LogP) is 3.24. The number of nitrogens with zero attached hydrogens (tertiary/aromatic N) is 1. The van der Waals surface area contributed by atoms with Crippen molar-refractivity contribution in [3.63, 3.8) is 0 Å². The van der Waals surface area contributed by atoms with Crippen molar-refractivity contribution in [2.24, 2.45) is 0 Å². The van der Waals surface area contributed by atoms with E-state index in [0.717, 1.165) is 17.0 Å². The normalized spacial score (nSPS) is 16.8. The Morgan fingerprint density at radius 2 is 1.90 bits per heavy atom. The van der Waals surface area contributed by atoms with E-state index in [1.165, 1.54) is 4.90 Å². The van der Waals surface area contributed by atoms with Crippen LogP contribution in [0.3, 0.4) is 0 Å². The molecule has 1 N–H and O–H groups in total. The molecule has 1 heterocycles. The Bertz CT molecular complexity index is 639. The second-order valence-corrected chi connectivity index (χ2v) is 5.88. The van der Waals surface area contributed by atoms with E-state index in [2.05, 4.69) is 6.07 Å². The first-order valence-electron chi connectivity index (χ1n) is 6.45. The third-order valence-electron chi connectivity index (χ3n) is 3.57. The minimum Gasteiger partial charge on any atom is -0.508 e. The molecule has 20 heavy (non-hydrogen) atoms. The molecule has 2 aromatic carbocycles. The molecular weight excluding hydrogens is 270 g/mol. The largest absolute Gasteiger partial charge is 0.508 e. The quantitative estimate of drug-likeness (QED) is 0.921. The zero-order valence-corrected chi connectivity index (χ0v) is 11.9. The molecule has 0 aromatic heterocycles. The molecule has 3 rings (SSSR count). The molecule has 0 saturated carbocycles. The summed E-state index contributed by atoms with van der Waals surface area (Å²) >= 11 is 1.73. The fourth-order valence-electron chi connectivity index (χ4n) is 2.40. The summed E-state index contributed by atoms with van der Waals surface area (Å²) < 4.78 is 0. The second-order valence-electron chi connectivity index (χ2n) is 4.82. The van der Waals surface area contributed by atoms with Gasteiger partial charge in [-0.05, 0) is 35.9 Å². The smallest absolute Gasteiger partial charge is 0.235 e. The Balaban J connectivity index is 1.85. The number of anilines is 1. The van der Waals surface area contributed by atoms with Gasteiger partial charge in [0.05, 0.1) is 5.92 Å². The van der Waals surface area contributed by atoms with E-state index in [9.17, 15) is 9.90 Å². The monoisotopic (exact) mass is 285 g/mol. The molecule has 4 heteroatoms. The number of likely N-dealkylation sites (N-methyl/N-ethyl adjacent to an activating group) is 1. The first kappa shape index (κ1) is 13.1. The van der Waals surface area contributed by atoms with Gasteiger partial charge in [-0.3, -0.25) is 4.79 Å². The van der Waals surface area contributed by atoms with E-state index in [0.29, 0.717) is 0 Å². The molecule has 0 radical (unpaired) electrons. The maximum absolute atomic E-state index is 12.6. The highest BCUT2D eigenvalue weighted by Gasteiger charge is 2.31. The lowest BCUT2D eigenvalue weighted by Gasteiger charge is -2.21. The minimum atomic E-state index is -0.0880. The van der Waals surface area contributed by atoms with Crippen LogP contribution in [0.15, 0.2) is 53.4 Å². The summed E-state index contributed by atoms with van der Waals surface area (Å²) in [6.45, 7) is 0. The van der Waals surface area contributed by atoms with Crippen molar-refractivity contribution < 1.29 is 9.90 Å². The summed E-state index contributed by atoms with van der Waals surface area (Å²) in [5, 5.41) is 9.31. The number of amides is 1. The average Bonchev–Trinajstić information content (AvgIpc) is 2.90. The van der Waals surface area contributed by atoms with Gasteiger partial charge in [0.25, 0.3) is 0 Å². The molecule has 1 atom stereocenters. The number of fused-ring (bicyclic) bond motifs is 1. The SMILES string of the molecule is CN(C(=O)C1CSc2ccccc21)c1ccc(O)cc1. The summed E-state index contributed by atoms with van der Waals surface area (Å²) in [4.78, 5) is 15.5. The number of benzene rings is 2. The number of thioether (sulfide) groups is 1. The molecule has 1 unspecified atom stereocenters. The lowest BCUT2D eigenvalue weighted by Crippen LogP contribution is -2.31. The van der Waals surface area contributed by atoms with Crippen molar-refractivity contribution in [3.05, 3.63) is 54.1 Å². The fraction of sp³-hybridized carbons (Fsp3) is 0.188. The summed E-state index contributed by atoms with van der Waals surface area (Å²) in [6.07, 6.45) is 0. The van der Waals surface area contributed by atoms with Gasteiger partial charge in [0, 0.05) is 23.4 Å². The topological polar surface area (TPSA) is 40.5 Å². The van der Waals surface area contributed by atoms with Crippen molar-refractivity contribution >= 4 is 23.4 Å². The number of phenolic OH excluding ortho intramolecular Hbond substituents is 1. The van der Waals surface area contributed by atoms with Crippen LogP contribution in [-0.4, -0.2) is 23.8 Å². The molecule has 0 saturated heterocycles. The zero-order valence-electron chi connectivity index (χ0n) is 11.1. The second kappa shape index (κ2) is 5.21. The molecule has 0 spiro atoms. The van der Waals surface area contributed by atoms with Crippen LogP contribution in [0.5, 0.6) is 5.75 Å². The van der Waals surface area contributed by atoms with Gasteiger partial charge in [-0.15, -0.1) is 11.8 Å². The van der Waals surface area contributed by atoms with Crippen molar-refractivity contribution in [3.8, 4) is 5.75 Å². The number of hydrogen-bond acceptors (Lipinski definition) is 3. The highest BCUT2D eigenvalue weighted by Crippen LogP contribution is 2.40. The van der Waals surface area contributed by atoms with Crippen LogP contribution < -0.4 is 4.90 Å². The minimum absolute atomic E-state index is 0.0880. The van der Waals surface area contributed by atoms with Crippen LogP contribution in [-0.2, 0) is 4.79 Å². The van der Waals surface area contributed by atoms with E-state index in [1.807, 2.05) is 18.2 Å². The maximum atomic E-state index is 12.6. The molecule has 0 aliphatic carbocycles. The zero-order chi connectivity index (χ0) is 14.1. The lowest BCUT2D eigenvalue weighted by molar-refractivity contribution is -0.119. The molecule has 1 aliphatic heterocycles. The van der Waals surface area contributed by atoms with Crippen LogP contribution in [0.25, 0.3) is 0 Å². The number of hydrogen-bond donors (Lipinski definition) is 1. The highest BCUT2D eigenvalue weighted by molar-refractivity contribution is 7.99. The number of carbonyl (C=O) groups is 1. The maximum Gasteiger partial charge on any atom is 0.235 e. The Morgan fingerprint density at radius 1 is 1.20 bits per heavy atom. The first-order valence-corrected chi connectivity index (χ1v) is 7.43. The van der Waals surface area contributed by atoms with Gasteiger partial charge in [0.15, 0.2) is 0 Å². The van der Waals surface area contributed by atoms with Crippen LogP contribution in [0.2, 0.25) is 0 Å². The van der Waals surface area contributed by atoms with Crippen molar-refractivity contribution in [1.82, 2.24) is 0 Å². The molecule has 102 valence electrons. The number of carbonyl (C=O) groups excluding carboxylic acids is 1. The molecule has 0 fully saturated rings. The van der Waals surface area contributed by atoms with Crippen molar-refractivity contribution in [2.45, 2.75) is 10.8 Å². The summed E-state index contributed by atoms with van der Waals surface area (Å²) in [7, 11) is 1.78.